The maximum absolute atomic E-state index is 5.67. The third-order valence-corrected chi connectivity index (χ3v) is 2.95. The first-order valence-corrected chi connectivity index (χ1v) is 6.62. The van der Waals surface area contributed by atoms with Gasteiger partial charge in [0.2, 0.25) is 0 Å². The van der Waals surface area contributed by atoms with Crippen molar-refractivity contribution in [2.45, 2.75) is 13.3 Å². The summed E-state index contributed by atoms with van der Waals surface area (Å²) >= 11 is 0. The first-order chi connectivity index (χ1) is 9.76. The van der Waals surface area contributed by atoms with Gasteiger partial charge in [-0.15, -0.1) is 0 Å². The molecule has 0 aliphatic rings. The number of H-pyrrole nitrogens is 1. The lowest BCUT2D eigenvalue weighted by atomic mass is 10.2. The fourth-order valence-corrected chi connectivity index (χ4v) is 2.00. The number of nitrogen functional groups attached to an aromatic ring is 1. The van der Waals surface area contributed by atoms with E-state index in [1.54, 1.807) is 6.07 Å². The van der Waals surface area contributed by atoms with Crippen LogP contribution in [0.3, 0.4) is 0 Å². The molecule has 5 nitrogen and oxygen atoms in total. The first-order valence-electron chi connectivity index (χ1n) is 6.62. The molecule has 0 atom stereocenters. The van der Waals surface area contributed by atoms with E-state index in [2.05, 4.69) is 21.9 Å². The van der Waals surface area contributed by atoms with Crippen molar-refractivity contribution in [2.75, 3.05) is 12.3 Å². The normalized spacial score (nSPS) is 10.8. The van der Waals surface area contributed by atoms with Gasteiger partial charge in [0.15, 0.2) is 5.65 Å². The van der Waals surface area contributed by atoms with Gasteiger partial charge in [0.1, 0.15) is 17.4 Å². The molecular weight excluding hydrogens is 252 g/mol. The van der Waals surface area contributed by atoms with Crippen molar-refractivity contribution in [1.29, 1.82) is 0 Å². The number of aromatic nitrogens is 3. The molecule has 3 N–H and O–H groups in total. The second kappa shape index (κ2) is 5.21. The summed E-state index contributed by atoms with van der Waals surface area (Å²) < 4.78 is 5.63. The Hall–Kier alpha value is -2.56. The van der Waals surface area contributed by atoms with Crippen molar-refractivity contribution in [3.8, 4) is 17.1 Å². The van der Waals surface area contributed by atoms with Gasteiger partial charge in [0.05, 0.1) is 12.1 Å². The minimum Gasteiger partial charge on any atom is -0.494 e. The number of nitrogens with two attached hydrogens (primary N) is 1. The van der Waals surface area contributed by atoms with E-state index in [-0.39, 0.29) is 0 Å². The van der Waals surface area contributed by atoms with E-state index in [0.717, 1.165) is 29.1 Å². The number of ether oxygens (including phenoxy) is 1. The Morgan fingerprint density at radius 3 is 2.95 bits per heavy atom. The Morgan fingerprint density at radius 2 is 2.10 bits per heavy atom. The van der Waals surface area contributed by atoms with Crippen molar-refractivity contribution in [3.05, 3.63) is 36.4 Å². The minimum atomic E-state index is 0.468. The van der Waals surface area contributed by atoms with E-state index in [1.807, 2.05) is 30.3 Å². The molecule has 3 rings (SSSR count). The monoisotopic (exact) mass is 268 g/mol. The maximum atomic E-state index is 5.67. The number of hydrogen-bond donors (Lipinski definition) is 2. The highest BCUT2D eigenvalue weighted by molar-refractivity contribution is 5.77. The number of imidazole rings is 1. The molecule has 0 unspecified atom stereocenters. The Labute approximate surface area is 116 Å². The molecule has 0 aliphatic carbocycles. The second-order valence-electron chi connectivity index (χ2n) is 4.57. The Kier molecular flexibility index (Phi) is 3.25. The number of hydrogen-bond acceptors (Lipinski definition) is 4. The number of rotatable bonds is 4. The zero-order valence-electron chi connectivity index (χ0n) is 11.3. The summed E-state index contributed by atoms with van der Waals surface area (Å²) in [7, 11) is 0. The number of nitrogens with zero attached hydrogens (tertiary/aromatic N) is 2. The van der Waals surface area contributed by atoms with Crippen LogP contribution in [-0.4, -0.2) is 21.6 Å². The van der Waals surface area contributed by atoms with Crippen molar-refractivity contribution < 1.29 is 4.74 Å². The molecule has 0 aliphatic heterocycles. The molecule has 3 aromatic rings. The highest BCUT2D eigenvalue weighted by atomic mass is 16.5. The summed E-state index contributed by atoms with van der Waals surface area (Å²) in [5, 5.41) is 0. The molecule has 0 radical (unpaired) electrons. The Balaban J connectivity index is 1.97. The Bertz CT molecular complexity index is 736. The number of aromatic amines is 1. The van der Waals surface area contributed by atoms with Crippen LogP contribution in [0.2, 0.25) is 0 Å². The topological polar surface area (TPSA) is 76.8 Å². The molecular formula is C15H16N4O. The predicted molar refractivity (Wildman–Crippen MR) is 79.5 cm³/mol. The second-order valence-corrected chi connectivity index (χ2v) is 4.57. The van der Waals surface area contributed by atoms with Crippen LogP contribution in [0.15, 0.2) is 36.4 Å². The zero-order chi connectivity index (χ0) is 13.9. The molecule has 2 heterocycles. The van der Waals surface area contributed by atoms with Crippen LogP contribution in [0.4, 0.5) is 5.82 Å². The van der Waals surface area contributed by atoms with E-state index in [1.165, 1.54) is 0 Å². The fourth-order valence-electron chi connectivity index (χ4n) is 2.00. The van der Waals surface area contributed by atoms with Crippen molar-refractivity contribution >= 4 is 17.0 Å². The highest BCUT2D eigenvalue weighted by Crippen LogP contribution is 2.24. The van der Waals surface area contributed by atoms with Crippen LogP contribution in [-0.2, 0) is 0 Å². The minimum absolute atomic E-state index is 0.468. The molecule has 0 saturated heterocycles. The smallest absolute Gasteiger partial charge is 0.180 e. The third kappa shape index (κ3) is 2.42. The quantitative estimate of drug-likeness (QED) is 0.762. The van der Waals surface area contributed by atoms with Crippen LogP contribution >= 0.6 is 0 Å². The molecule has 0 spiro atoms. The van der Waals surface area contributed by atoms with Gasteiger partial charge in [-0.3, -0.25) is 0 Å². The van der Waals surface area contributed by atoms with Gasteiger partial charge in [-0.1, -0.05) is 19.1 Å². The largest absolute Gasteiger partial charge is 0.494 e. The van der Waals surface area contributed by atoms with E-state index in [0.29, 0.717) is 18.1 Å². The zero-order valence-corrected chi connectivity index (χ0v) is 11.3. The SMILES string of the molecule is CCCOc1cccc(-c2nc3nc(N)ccc3[nH]2)c1. The number of anilines is 1. The highest BCUT2D eigenvalue weighted by Gasteiger charge is 2.07. The summed E-state index contributed by atoms with van der Waals surface area (Å²) in [4.78, 5) is 11.9. The van der Waals surface area contributed by atoms with E-state index in [4.69, 9.17) is 10.5 Å². The van der Waals surface area contributed by atoms with Crippen molar-refractivity contribution in [3.63, 3.8) is 0 Å². The van der Waals surface area contributed by atoms with Crippen molar-refractivity contribution in [2.24, 2.45) is 0 Å². The molecule has 2 aromatic heterocycles. The van der Waals surface area contributed by atoms with Crippen molar-refractivity contribution in [1.82, 2.24) is 15.0 Å². The summed E-state index contributed by atoms with van der Waals surface area (Å²) in [6.45, 7) is 2.79. The molecule has 1 aromatic carbocycles. The number of fused-ring (bicyclic) bond motifs is 1. The predicted octanol–water partition coefficient (Wildman–Crippen LogP) is 3.00. The standard InChI is InChI=1S/C15H16N4O/c1-2-8-20-11-5-3-4-10(9-11)14-17-12-6-7-13(16)18-15(12)19-14/h3-7,9H,2,8H2,1H3,(H3,16,17,18,19). The molecule has 0 saturated carbocycles. The summed E-state index contributed by atoms with van der Waals surface area (Å²) in [6.07, 6.45) is 0.984. The fraction of sp³-hybridized carbons (Fsp3) is 0.200. The van der Waals surface area contributed by atoms with Gasteiger partial charge < -0.3 is 15.5 Å². The van der Waals surface area contributed by atoms with Gasteiger partial charge in [0.25, 0.3) is 0 Å². The van der Waals surface area contributed by atoms with Gasteiger partial charge in [-0.05, 0) is 30.7 Å². The molecule has 102 valence electrons. The summed E-state index contributed by atoms with van der Waals surface area (Å²) in [6, 6.07) is 11.5. The first kappa shape index (κ1) is 12.5. The van der Waals surface area contributed by atoms with Crippen LogP contribution in [0.5, 0.6) is 5.75 Å². The number of benzene rings is 1. The maximum Gasteiger partial charge on any atom is 0.180 e. The van der Waals surface area contributed by atoms with Crippen LogP contribution in [0.1, 0.15) is 13.3 Å². The van der Waals surface area contributed by atoms with Crippen LogP contribution < -0.4 is 10.5 Å². The molecule has 0 amide bonds. The lowest BCUT2D eigenvalue weighted by Crippen LogP contribution is -1.94. The van der Waals surface area contributed by atoms with Crippen LogP contribution in [0, 0.1) is 0 Å². The van der Waals surface area contributed by atoms with E-state index < -0.39 is 0 Å². The average molecular weight is 268 g/mol. The lowest BCUT2D eigenvalue weighted by Gasteiger charge is -2.05. The molecule has 20 heavy (non-hydrogen) atoms. The van der Waals surface area contributed by atoms with E-state index in [9.17, 15) is 0 Å². The summed E-state index contributed by atoms with van der Waals surface area (Å²) in [5.74, 6) is 2.08. The molecule has 0 bridgehead atoms. The lowest BCUT2D eigenvalue weighted by molar-refractivity contribution is 0.317. The van der Waals surface area contributed by atoms with Gasteiger partial charge in [-0.25, -0.2) is 9.97 Å². The Morgan fingerprint density at radius 1 is 1.20 bits per heavy atom. The third-order valence-electron chi connectivity index (χ3n) is 2.95. The molecule has 0 fully saturated rings. The van der Waals surface area contributed by atoms with Crippen LogP contribution in [0.25, 0.3) is 22.6 Å². The van der Waals surface area contributed by atoms with Gasteiger partial charge in [0, 0.05) is 5.56 Å². The van der Waals surface area contributed by atoms with Gasteiger partial charge in [-0.2, -0.15) is 0 Å². The number of nitrogens with one attached hydrogen (secondary N) is 1. The van der Waals surface area contributed by atoms with E-state index >= 15 is 0 Å². The average Bonchev–Trinajstić information content (AvgIpc) is 2.88. The number of pyridine rings is 1. The summed E-state index contributed by atoms with van der Waals surface area (Å²) in [5.41, 5.74) is 8.13. The molecule has 5 heteroatoms. The van der Waals surface area contributed by atoms with Gasteiger partial charge >= 0.3 is 0 Å².